The van der Waals surface area contributed by atoms with E-state index in [0.717, 1.165) is 24.1 Å². The second-order valence-electron chi connectivity index (χ2n) is 5.05. The Labute approximate surface area is 119 Å². The van der Waals surface area contributed by atoms with Crippen molar-refractivity contribution < 1.29 is 4.79 Å². The van der Waals surface area contributed by atoms with E-state index in [1.165, 1.54) is 0 Å². The standard InChI is InChI=1S/C16H21N3O/c1-3-5-13(2)18-16(20)12-14-6-8-15(9-7-14)19-11-4-10-17-19/h4,6-11,13H,3,5,12H2,1-2H3,(H,18,20)/t13-/m0/s1. The van der Waals surface area contributed by atoms with Crippen LogP contribution in [0.1, 0.15) is 32.3 Å². The number of aromatic nitrogens is 2. The lowest BCUT2D eigenvalue weighted by Gasteiger charge is -2.12. The third kappa shape index (κ3) is 3.95. The number of carbonyl (C=O) groups is 1. The van der Waals surface area contributed by atoms with Crippen LogP contribution in [-0.4, -0.2) is 21.7 Å². The molecule has 20 heavy (non-hydrogen) atoms. The third-order valence-electron chi connectivity index (χ3n) is 3.20. The molecule has 0 aliphatic rings. The topological polar surface area (TPSA) is 46.9 Å². The first-order chi connectivity index (χ1) is 9.69. The molecule has 0 saturated heterocycles. The minimum atomic E-state index is 0.0813. The van der Waals surface area contributed by atoms with Gasteiger partial charge >= 0.3 is 0 Å². The number of carbonyl (C=O) groups excluding carboxylic acids is 1. The molecule has 2 aromatic rings. The van der Waals surface area contributed by atoms with Crippen LogP contribution in [0.3, 0.4) is 0 Å². The van der Waals surface area contributed by atoms with Crippen molar-refractivity contribution in [3.8, 4) is 5.69 Å². The summed E-state index contributed by atoms with van der Waals surface area (Å²) in [6, 6.07) is 10.0. The van der Waals surface area contributed by atoms with Gasteiger partial charge in [0.1, 0.15) is 0 Å². The summed E-state index contributed by atoms with van der Waals surface area (Å²) < 4.78 is 1.80. The maximum atomic E-state index is 11.9. The molecule has 0 aliphatic heterocycles. The Morgan fingerprint density at radius 1 is 1.35 bits per heavy atom. The first-order valence-electron chi connectivity index (χ1n) is 7.07. The van der Waals surface area contributed by atoms with E-state index < -0.39 is 0 Å². The zero-order valence-corrected chi connectivity index (χ0v) is 12.0. The van der Waals surface area contributed by atoms with Crippen LogP contribution in [0.4, 0.5) is 0 Å². The molecule has 4 heteroatoms. The Hall–Kier alpha value is -2.10. The van der Waals surface area contributed by atoms with Crippen molar-refractivity contribution in [2.45, 2.75) is 39.2 Å². The molecule has 0 spiro atoms. The fourth-order valence-corrected chi connectivity index (χ4v) is 2.20. The zero-order chi connectivity index (χ0) is 14.4. The third-order valence-corrected chi connectivity index (χ3v) is 3.20. The van der Waals surface area contributed by atoms with Gasteiger partial charge in [0.05, 0.1) is 12.1 Å². The van der Waals surface area contributed by atoms with E-state index in [0.29, 0.717) is 6.42 Å². The summed E-state index contributed by atoms with van der Waals surface area (Å²) in [5.41, 5.74) is 2.01. The van der Waals surface area contributed by atoms with Gasteiger partial charge in [-0.2, -0.15) is 5.10 Å². The monoisotopic (exact) mass is 271 g/mol. The Balaban J connectivity index is 1.92. The van der Waals surface area contributed by atoms with Crippen LogP contribution >= 0.6 is 0 Å². The number of nitrogens with one attached hydrogen (secondary N) is 1. The predicted octanol–water partition coefficient (Wildman–Crippen LogP) is 2.72. The molecule has 0 bridgehead atoms. The molecular weight excluding hydrogens is 250 g/mol. The molecule has 1 aromatic carbocycles. The lowest BCUT2D eigenvalue weighted by molar-refractivity contribution is -0.121. The van der Waals surface area contributed by atoms with Crippen LogP contribution in [0.25, 0.3) is 5.69 Å². The summed E-state index contributed by atoms with van der Waals surface area (Å²) in [6.07, 6.45) is 6.17. The Morgan fingerprint density at radius 2 is 2.10 bits per heavy atom. The Morgan fingerprint density at radius 3 is 2.70 bits per heavy atom. The molecule has 0 saturated carbocycles. The molecule has 0 radical (unpaired) electrons. The van der Waals surface area contributed by atoms with E-state index in [1.807, 2.05) is 43.5 Å². The number of benzene rings is 1. The predicted molar refractivity (Wildman–Crippen MR) is 79.8 cm³/mol. The second-order valence-corrected chi connectivity index (χ2v) is 5.05. The van der Waals surface area contributed by atoms with Crippen LogP contribution in [0.5, 0.6) is 0 Å². The van der Waals surface area contributed by atoms with Crippen molar-refractivity contribution in [2.75, 3.05) is 0 Å². The van der Waals surface area contributed by atoms with Crippen molar-refractivity contribution in [1.29, 1.82) is 0 Å². The summed E-state index contributed by atoms with van der Waals surface area (Å²) >= 11 is 0. The number of hydrogen-bond donors (Lipinski definition) is 1. The van der Waals surface area contributed by atoms with Crippen molar-refractivity contribution >= 4 is 5.91 Å². The summed E-state index contributed by atoms with van der Waals surface area (Å²) in [5.74, 6) is 0.0813. The van der Waals surface area contributed by atoms with Gasteiger partial charge in [-0.3, -0.25) is 4.79 Å². The van der Waals surface area contributed by atoms with E-state index in [9.17, 15) is 4.79 Å². The van der Waals surface area contributed by atoms with Gasteiger partial charge < -0.3 is 5.32 Å². The van der Waals surface area contributed by atoms with Crippen LogP contribution < -0.4 is 5.32 Å². The normalized spacial score (nSPS) is 12.1. The average Bonchev–Trinajstić information content (AvgIpc) is 2.93. The lowest BCUT2D eigenvalue weighted by atomic mass is 10.1. The maximum Gasteiger partial charge on any atom is 0.224 e. The zero-order valence-electron chi connectivity index (χ0n) is 12.0. The lowest BCUT2D eigenvalue weighted by Crippen LogP contribution is -2.33. The molecular formula is C16H21N3O. The van der Waals surface area contributed by atoms with Crippen molar-refractivity contribution in [3.05, 3.63) is 48.3 Å². The van der Waals surface area contributed by atoms with Crippen LogP contribution in [0.2, 0.25) is 0 Å². The highest BCUT2D eigenvalue weighted by Crippen LogP contribution is 2.09. The van der Waals surface area contributed by atoms with Crippen molar-refractivity contribution in [1.82, 2.24) is 15.1 Å². The fourth-order valence-electron chi connectivity index (χ4n) is 2.20. The smallest absolute Gasteiger partial charge is 0.224 e. The van der Waals surface area contributed by atoms with Gasteiger partial charge in [0.2, 0.25) is 5.91 Å². The van der Waals surface area contributed by atoms with E-state index in [2.05, 4.69) is 17.3 Å². The number of hydrogen-bond acceptors (Lipinski definition) is 2. The summed E-state index contributed by atoms with van der Waals surface area (Å²) in [5, 5.41) is 7.19. The highest BCUT2D eigenvalue weighted by atomic mass is 16.1. The van der Waals surface area contributed by atoms with Gasteiger partial charge in [-0.1, -0.05) is 25.5 Å². The quantitative estimate of drug-likeness (QED) is 0.878. The maximum absolute atomic E-state index is 11.9. The molecule has 0 fully saturated rings. The fraction of sp³-hybridized carbons (Fsp3) is 0.375. The summed E-state index contributed by atoms with van der Waals surface area (Å²) in [7, 11) is 0. The highest BCUT2D eigenvalue weighted by Gasteiger charge is 2.07. The first-order valence-corrected chi connectivity index (χ1v) is 7.07. The summed E-state index contributed by atoms with van der Waals surface area (Å²) in [4.78, 5) is 11.9. The molecule has 0 aliphatic carbocycles. The molecule has 1 atom stereocenters. The molecule has 1 N–H and O–H groups in total. The SMILES string of the molecule is CCC[C@H](C)NC(=O)Cc1ccc(-n2cccn2)cc1. The molecule has 1 amide bonds. The average molecular weight is 271 g/mol. The van der Waals surface area contributed by atoms with Gasteiger partial charge in [-0.25, -0.2) is 4.68 Å². The van der Waals surface area contributed by atoms with E-state index >= 15 is 0 Å². The van der Waals surface area contributed by atoms with Crippen LogP contribution in [-0.2, 0) is 11.2 Å². The molecule has 2 rings (SSSR count). The largest absolute Gasteiger partial charge is 0.353 e. The highest BCUT2D eigenvalue weighted by molar-refractivity contribution is 5.78. The molecule has 106 valence electrons. The summed E-state index contributed by atoms with van der Waals surface area (Å²) in [6.45, 7) is 4.17. The first kappa shape index (κ1) is 14.3. The van der Waals surface area contributed by atoms with Crippen molar-refractivity contribution in [3.63, 3.8) is 0 Å². The number of nitrogens with zero attached hydrogens (tertiary/aromatic N) is 2. The van der Waals surface area contributed by atoms with Gasteiger partial charge in [0, 0.05) is 18.4 Å². The van der Waals surface area contributed by atoms with Gasteiger partial charge in [0.15, 0.2) is 0 Å². The van der Waals surface area contributed by atoms with Gasteiger partial charge in [0.25, 0.3) is 0 Å². The van der Waals surface area contributed by atoms with E-state index in [4.69, 9.17) is 0 Å². The second kappa shape index (κ2) is 6.89. The molecule has 0 unspecified atom stereocenters. The minimum Gasteiger partial charge on any atom is -0.353 e. The van der Waals surface area contributed by atoms with Crippen LogP contribution in [0.15, 0.2) is 42.7 Å². The molecule has 4 nitrogen and oxygen atoms in total. The number of amides is 1. The van der Waals surface area contributed by atoms with Gasteiger partial charge in [-0.05, 0) is 37.1 Å². The molecule has 1 aromatic heterocycles. The van der Waals surface area contributed by atoms with Crippen LogP contribution in [0, 0.1) is 0 Å². The Kier molecular flexibility index (Phi) is 4.93. The Bertz CT molecular complexity index is 531. The van der Waals surface area contributed by atoms with E-state index in [-0.39, 0.29) is 11.9 Å². The number of rotatable bonds is 6. The van der Waals surface area contributed by atoms with Gasteiger partial charge in [-0.15, -0.1) is 0 Å². The minimum absolute atomic E-state index is 0.0813. The van der Waals surface area contributed by atoms with E-state index in [1.54, 1.807) is 10.9 Å². The molecule has 1 heterocycles. The van der Waals surface area contributed by atoms with Crippen molar-refractivity contribution in [2.24, 2.45) is 0 Å².